The van der Waals surface area contributed by atoms with E-state index in [4.69, 9.17) is 5.73 Å². The highest BCUT2D eigenvalue weighted by Crippen LogP contribution is 2.13. The van der Waals surface area contributed by atoms with Crippen molar-refractivity contribution in [2.45, 2.75) is 70.8 Å². The van der Waals surface area contributed by atoms with E-state index in [9.17, 15) is 0 Å². The van der Waals surface area contributed by atoms with Crippen LogP contribution in [0, 0.1) is 0 Å². The van der Waals surface area contributed by atoms with Gasteiger partial charge in [-0.05, 0) is 12.8 Å². The van der Waals surface area contributed by atoms with Gasteiger partial charge in [0.2, 0.25) is 0 Å². The summed E-state index contributed by atoms with van der Waals surface area (Å²) >= 11 is 1.71. The molecule has 1 heterocycles. The van der Waals surface area contributed by atoms with Gasteiger partial charge in [-0.1, -0.05) is 51.9 Å². The average Bonchev–Trinajstić information content (AvgIpc) is 2.80. The van der Waals surface area contributed by atoms with Crippen LogP contribution in [0.1, 0.15) is 63.2 Å². The molecule has 1 aromatic rings. The first-order valence-corrected chi connectivity index (χ1v) is 7.84. The Balaban J connectivity index is 1.92. The zero-order valence-electron chi connectivity index (χ0n) is 11.0. The highest BCUT2D eigenvalue weighted by atomic mass is 32.1. The van der Waals surface area contributed by atoms with Crippen molar-refractivity contribution in [2.75, 3.05) is 0 Å². The maximum atomic E-state index is 6.11. The molecule has 0 saturated carbocycles. The molecular formula is C14H26N2S. The van der Waals surface area contributed by atoms with E-state index in [-0.39, 0.29) is 0 Å². The SMILES string of the molecule is CCCCCCCCCC(N)Cc1cncs1. The Hall–Kier alpha value is -0.410. The molecule has 0 amide bonds. The Morgan fingerprint density at radius 2 is 1.88 bits per heavy atom. The van der Waals surface area contributed by atoms with Gasteiger partial charge in [-0.25, -0.2) is 0 Å². The predicted octanol–water partition coefficient (Wildman–Crippen LogP) is 4.15. The molecule has 0 radical (unpaired) electrons. The van der Waals surface area contributed by atoms with Crippen LogP contribution in [0.4, 0.5) is 0 Å². The normalized spacial score (nSPS) is 12.8. The minimum atomic E-state index is 0.325. The van der Waals surface area contributed by atoms with Gasteiger partial charge in [0, 0.05) is 17.1 Å². The molecule has 98 valence electrons. The third-order valence-electron chi connectivity index (χ3n) is 3.13. The third-order valence-corrected chi connectivity index (χ3v) is 3.93. The fourth-order valence-corrected chi connectivity index (χ4v) is 2.76. The number of thiazole rings is 1. The summed E-state index contributed by atoms with van der Waals surface area (Å²) in [4.78, 5) is 5.40. The summed E-state index contributed by atoms with van der Waals surface area (Å²) in [5, 5.41) is 0. The van der Waals surface area contributed by atoms with Gasteiger partial charge in [0.15, 0.2) is 0 Å². The number of aromatic nitrogens is 1. The number of hydrogen-bond acceptors (Lipinski definition) is 3. The van der Waals surface area contributed by atoms with Crippen molar-refractivity contribution in [3.63, 3.8) is 0 Å². The minimum Gasteiger partial charge on any atom is -0.327 e. The fraction of sp³-hybridized carbons (Fsp3) is 0.786. The fourth-order valence-electron chi connectivity index (χ4n) is 2.07. The molecule has 0 fully saturated rings. The van der Waals surface area contributed by atoms with Crippen LogP contribution in [0.2, 0.25) is 0 Å². The van der Waals surface area contributed by atoms with E-state index in [1.54, 1.807) is 11.3 Å². The van der Waals surface area contributed by atoms with Gasteiger partial charge >= 0.3 is 0 Å². The summed E-state index contributed by atoms with van der Waals surface area (Å²) in [7, 11) is 0. The second-order valence-electron chi connectivity index (χ2n) is 4.84. The molecule has 2 nitrogen and oxygen atoms in total. The van der Waals surface area contributed by atoms with Crippen molar-refractivity contribution in [3.05, 3.63) is 16.6 Å². The van der Waals surface area contributed by atoms with Crippen molar-refractivity contribution < 1.29 is 0 Å². The lowest BCUT2D eigenvalue weighted by Crippen LogP contribution is -2.22. The average molecular weight is 254 g/mol. The molecule has 0 bridgehead atoms. The molecule has 0 saturated heterocycles. The zero-order chi connectivity index (χ0) is 12.3. The smallest absolute Gasteiger partial charge is 0.0794 e. The first-order chi connectivity index (χ1) is 8.33. The van der Waals surface area contributed by atoms with Crippen LogP contribution >= 0.6 is 11.3 Å². The van der Waals surface area contributed by atoms with E-state index in [0.717, 1.165) is 12.8 Å². The van der Waals surface area contributed by atoms with Crippen molar-refractivity contribution in [1.82, 2.24) is 4.98 Å². The Morgan fingerprint density at radius 3 is 2.53 bits per heavy atom. The lowest BCUT2D eigenvalue weighted by atomic mass is 10.0. The summed E-state index contributed by atoms with van der Waals surface area (Å²) in [6.07, 6.45) is 13.6. The molecule has 1 atom stereocenters. The molecule has 0 aliphatic rings. The second kappa shape index (κ2) is 9.60. The number of nitrogens with zero attached hydrogens (tertiary/aromatic N) is 1. The third kappa shape index (κ3) is 7.50. The van der Waals surface area contributed by atoms with Gasteiger partial charge in [0.05, 0.1) is 5.51 Å². The maximum absolute atomic E-state index is 6.11. The first-order valence-electron chi connectivity index (χ1n) is 6.96. The number of rotatable bonds is 10. The highest BCUT2D eigenvalue weighted by Gasteiger charge is 2.04. The van der Waals surface area contributed by atoms with Crippen LogP contribution in [-0.2, 0) is 6.42 Å². The van der Waals surface area contributed by atoms with E-state index in [1.165, 1.54) is 49.8 Å². The summed E-state index contributed by atoms with van der Waals surface area (Å²) in [6.45, 7) is 2.26. The zero-order valence-corrected chi connectivity index (χ0v) is 11.8. The topological polar surface area (TPSA) is 38.9 Å². The van der Waals surface area contributed by atoms with Crippen LogP contribution in [-0.4, -0.2) is 11.0 Å². The van der Waals surface area contributed by atoms with E-state index in [1.807, 2.05) is 11.7 Å². The highest BCUT2D eigenvalue weighted by molar-refractivity contribution is 7.09. The summed E-state index contributed by atoms with van der Waals surface area (Å²) in [6, 6.07) is 0.325. The number of nitrogens with two attached hydrogens (primary N) is 1. The van der Waals surface area contributed by atoms with Gasteiger partial charge < -0.3 is 5.73 Å². The predicted molar refractivity (Wildman–Crippen MR) is 76.4 cm³/mol. The molecule has 1 aromatic heterocycles. The van der Waals surface area contributed by atoms with E-state index in [0.29, 0.717) is 6.04 Å². The molecular weight excluding hydrogens is 228 g/mol. The number of unbranched alkanes of at least 4 members (excludes halogenated alkanes) is 6. The molecule has 1 unspecified atom stereocenters. The van der Waals surface area contributed by atoms with Crippen LogP contribution in [0.5, 0.6) is 0 Å². The Kier molecular flexibility index (Phi) is 8.28. The van der Waals surface area contributed by atoms with E-state index in [2.05, 4.69) is 11.9 Å². The van der Waals surface area contributed by atoms with Crippen molar-refractivity contribution >= 4 is 11.3 Å². The van der Waals surface area contributed by atoms with Crippen LogP contribution in [0.25, 0.3) is 0 Å². The summed E-state index contributed by atoms with van der Waals surface area (Å²) in [5.74, 6) is 0. The molecule has 0 spiro atoms. The van der Waals surface area contributed by atoms with Gasteiger partial charge in [0.1, 0.15) is 0 Å². The molecule has 2 N–H and O–H groups in total. The maximum Gasteiger partial charge on any atom is 0.0794 e. The quantitative estimate of drug-likeness (QED) is 0.637. The monoisotopic (exact) mass is 254 g/mol. The summed E-state index contributed by atoms with van der Waals surface area (Å²) < 4.78 is 0. The Morgan fingerprint density at radius 1 is 1.18 bits per heavy atom. The number of hydrogen-bond donors (Lipinski definition) is 1. The lowest BCUT2D eigenvalue weighted by Gasteiger charge is -2.09. The van der Waals surface area contributed by atoms with E-state index >= 15 is 0 Å². The van der Waals surface area contributed by atoms with Crippen molar-refractivity contribution in [1.29, 1.82) is 0 Å². The van der Waals surface area contributed by atoms with Crippen molar-refractivity contribution in [2.24, 2.45) is 5.73 Å². The largest absolute Gasteiger partial charge is 0.327 e. The summed E-state index contributed by atoms with van der Waals surface area (Å²) in [5.41, 5.74) is 7.99. The minimum absolute atomic E-state index is 0.325. The molecule has 0 aliphatic carbocycles. The van der Waals surface area contributed by atoms with Gasteiger partial charge in [-0.15, -0.1) is 11.3 Å². The van der Waals surface area contributed by atoms with Crippen LogP contribution < -0.4 is 5.73 Å². The molecule has 0 aliphatic heterocycles. The second-order valence-corrected chi connectivity index (χ2v) is 5.81. The molecule has 0 aromatic carbocycles. The molecule has 3 heteroatoms. The van der Waals surface area contributed by atoms with E-state index < -0.39 is 0 Å². The van der Waals surface area contributed by atoms with Gasteiger partial charge in [-0.3, -0.25) is 4.98 Å². The lowest BCUT2D eigenvalue weighted by molar-refractivity contribution is 0.529. The van der Waals surface area contributed by atoms with Crippen molar-refractivity contribution in [3.8, 4) is 0 Å². The first kappa shape index (κ1) is 14.7. The van der Waals surface area contributed by atoms with Crippen LogP contribution in [0.3, 0.4) is 0 Å². The molecule has 1 rings (SSSR count). The van der Waals surface area contributed by atoms with Crippen LogP contribution in [0.15, 0.2) is 11.7 Å². The Labute approximate surface area is 110 Å². The molecule has 17 heavy (non-hydrogen) atoms. The van der Waals surface area contributed by atoms with Gasteiger partial charge in [-0.2, -0.15) is 0 Å². The Bertz CT molecular complexity index is 259. The van der Waals surface area contributed by atoms with Gasteiger partial charge in [0.25, 0.3) is 0 Å². The standard InChI is InChI=1S/C14H26N2S/c1-2-3-4-5-6-7-8-9-13(15)10-14-11-16-12-17-14/h11-13H,2-10,15H2,1H3.